The van der Waals surface area contributed by atoms with Gasteiger partial charge in [-0.3, -0.25) is 9.59 Å². The number of hydrogen-bond acceptors (Lipinski definition) is 4. The van der Waals surface area contributed by atoms with Gasteiger partial charge < -0.3 is 10.0 Å². The van der Waals surface area contributed by atoms with E-state index in [1.807, 2.05) is 37.3 Å². The van der Waals surface area contributed by atoms with E-state index in [2.05, 4.69) is 0 Å². The van der Waals surface area contributed by atoms with Gasteiger partial charge in [-0.15, -0.1) is 0 Å². The Kier molecular flexibility index (Phi) is 8.72. The average Bonchev–Trinajstić information content (AvgIpc) is 3.75. The molecule has 1 aliphatic carbocycles. The summed E-state index contributed by atoms with van der Waals surface area (Å²) < 4.78 is 27.5. The van der Waals surface area contributed by atoms with E-state index in [4.69, 9.17) is 23.2 Å². The molecule has 0 spiro atoms. The molecule has 0 radical (unpaired) electrons. The molecule has 2 aromatic rings. The molecule has 1 saturated carbocycles. The van der Waals surface area contributed by atoms with Gasteiger partial charge in [-0.2, -0.15) is 0 Å². The first-order chi connectivity index (χ1) is 18.3. The van der Waals surface area contributed by atoms with Crippen LogP contribution in [0.25, 0.3) is 0 Å². The first-order valence-electron chi connectivity index (χ1n) is 13.3. The van der Waals surface area contributed by atoms with E-state index in [1.54, 1.807) is 44.0 Å². The molecule has 212 valence electrons. The van der Waals surface area contributed by atoms with Crippen molar-refractivity contribution in [1.82, 2.24) is 9.21 Å². The van der Waals surface area contributed by atoms with Crippen molar-refractivity contribution in [2.45, 2.75) is 69.7 Å². The molecular formula is C29H36Cl2N2O5S. The lowest BCUT2D eigenvalue weighted by atomic mass is 9.63. The summed E-state index contributed by atoms with van der Waals surface area (Å²) in [6.07, 6.45) is 2.06. The Hall–Kier alpha value is -2.13. The summed E-state index contributed by atoms with van der Waals surface area (Å²) in [4.78, 5) is 28.5. The standard InChI is InChI=1S/C29H36Cl2N2O5S/c1-5-23(17-32(4)39(37,38)24-13-14-24)33-26(19-9-11-21(30)12-10-19)25(20-7-6-8-22(31)15-20)16-29(3,28(33)36)18(2)27(34)35/h6-12,15,18,23-26H,5,13-14,16-17H2,1-4H3,(H,34,35)/t18-,23+,25-,26-,29-/m1/s1. The number of carbonyl (C=O) groups excluding carboxylic acids is 1. The SMILES string of the molecule is CC[C@@H](CN(C)S(=O)(=O)C1CC1)N1C(=O)[C@@](C)([C@H](C)C(=O)O)C[C@H](c2cccc(Cl)c2)[C@H]1c1ccc(Cl)cc1. The van der Waals surface area contributed by atoms with Crippen molar-refractivity contribution >= 4 is 45.1 Å². The lowest BCUT2D eigenvalue weighted by Crippen LogP contribution is -2.60. The molecule has 1 N–H and O–H groups in total. The normalized spacial score (nSPS) is 25.5. The highest BCUT2D eigenvalue weighted by atomic mass is 35.5. The van der Waals surface area contributed by atoms with Gasteiger partial charge in [0.2, 0.25) is 15.9 Å². The van der Waals surface area contributed by atoms with Gasteiger partial charge in [-0.05, 0) is 68.0 Å². The fraction of sp³-hybridized carbons (Fsp3) is 0.517. The Labute approximate surface area is 241 Å². The van der Waals surface area contributed by atoms with Crippen LogP contribution in [0, 0.1) is 11.3 Å². The first-order valence-corrected chi connectivity index (χ1v) is 15.6. The molecule has 39 heavy (non-hydrogen) atoms. The monoisotopic (exact) mass is 594 g/mol. The molecule has 5 atom stereocenters. The van der Waals surface area contributed by atoms with Crippen molar-refractivity contribution in [3.63, 3.8) is 0 Å². The summed E-state index contributed by atoms with van der Waals surface area (Å²) in [6, 6.07) is 13.8. The molecule has 10 heteroatoms. The number of hydrogen-bond donors (Lipinski definition) is 1. The third-order valence-electron chi connectivity index (χ3n) is 8.57. The number of benzene rings is 2. The highest BCUT2D eigenvalue weighted by Crippen LogP contribution is 2.53. The second-order valence-corrected chi connectivity index (χ2v) is 14.3. The van der Waals surface area contributed by atoms with Crippen LogP contribution in [-0.4, -0.2) is 59.5 Å². The Balaban J connectivity index is 1.89. The quantitative estimate of drug-likeness (QED) is 0.365. The second kappa shape index (κ2) is 11.4. The van der Waals surface area contributed by atoms with Crippen LogP contribution in [-0.2, 0) is 19.6 Å². The van der Waals surface area contributed by atoms with Crippen molar-refractivity contribution in [3.8, 4) is 0 Å². The van der Waals surface area contributed by atoms with E-state index < -0.39 is 39.4 Å². The van der Waals surface area contributed by atoms with Crippen LogP contribution >= 0.6 is 23.2 Å². The number of likely N-dealkylation sites (tertiary alicyclic amines) is 1. The number of rotatable bonds is 10. The minimum atomic E-state index is -3.48. The third-order valence-corrected chi connectivity index (χ3v) is 11.4. The Morgan fingerprint density at radius 3 is 2.31 bits per heavy atom. The van der Waals surface area contributed by atoms with E-state index in [9.17, 15) is 23.1 Å². The van der Waals surface area contributed by atoms with Crippen molar-refractivity contribution in [2.75, 3.05) is 13.6 Å². The molecule has 0 bridgehead atoms. The van der Waals surface area contributed by atoms with Crippen molar-refractivity contribution < 1.29 is 23.1 Å². The van der Waals surface area contributed by atoms with Crippen LogP contribution in [0.2, 0.25) is 10.0 Å². The topological polar surface area (TPSA) is 95.0 Å². The van der Waals surface area contributed by atoms with Gasteiger partial charge in [0.25, 0.3) is 0 Å². The molecule has 2 aromatic carbocycles. The summed E-state index contributed by atoms with van der Waals surface area (Å²) in [6.45, 7) is 5.33. The second-order valence-electron chi connectivity index (χ2n) is 11.1. The van der Waals surface area contributed by atoms with Crippen LogP contribution in [0.3, 0.4) is 0 Å². The Morgan fingerprint density at radius 1 is 1.13 bits per heavy atom. The number of nitrogens with zero attached hydrogens (tertiary/aromatic N) is 2. The lowest BCUT2D eigenvalue weighted by Gasteiger charge is -2.53. The van der Waals surface area contributed by atoms with E-state index in [-0.39, 0.29) is 30.0 Å². The van der Waals surface area contributed by atoms with Crippen molar-refractivity contribution in [3.05, 3.63) is 69.7 Å². The molecule has 1 saturated heterocycles. The minimum absolute atomic E-state index is 0.116. The molecule has 4 rings (SSSR count). The van der Waals surface area contributed by atoms with Crippen LogP contribution in [0.1, 0.15) is 69.5 Å². The van der Waals surface area contributed by atoms with Crippen LogP contribution in [0.5, 0.6) is 0 Å². The zero-order chi connectivity index (χ0) is 28.7. The summed E-state index contributed by atoms with van der Waals surface area (Å²) in [7, 11) is -1.91. The number of piperidine rings is 1. The van der Waals surface area contributed by atoms with Gasteiger partial charge in [0, 0.05) is 35.6 Å². The maximum absolute atomic E-state index is 14.5. The van der Waals surface area contributed by atoms with Gasteiger partial charge in [-0.1, -0.05) is 61.3 Å². The molecular weight excluding hydrogens is 559 g/mol. The van der Waals surface area contributed by atoms with Crippen LogP contribution in [0.15, 0.2) is 48.5 Å². The van der Waals surface area contributed by atoms with E-state index in [0.29, 0.717) is 29.3 Å². The number of sulfonamides is 1. The van der Waals surface area contributed by atoms with Gasteiger partial charge in [0.15, 0.2) is 0 Å². The molecule has 2 fully saturated rings. The molecule has 1 amide bonds. The fourth-order valence-corrected chi connectivity index (χ4v) is 7.77. The molecule has 0 unspecified atom stereocenters. The summed E-state index contributed by atoms with van der Waals surface area (Å²) in [5.41, 5.74) is 0.495. The average molecular weight is 596 g/mol. The minimum Gasteiger partial charge on any atom is -0.481 e. The van der Waals surface area contributed by atoms with E-state index >= 15 is 0 Å². The summed E-state index contributed by atoms with van der Waals surface area (Å²) in [5.74, 6) is -2.61. The highest BCUT2D eigenvalue weighted by molar-refractivity contribution is 7.90. The summed E-state index contributed by atoms with van der Waals surface area (Å²) in [5, 5.41) is 10.8. The predicted molar refractivity (Wildman–Crippen MR) is 153 cm³/mol. The van der Waals surface area contributed by atoms with Gasteiger partial charge >= 0.3 is 5.97 Å². The first kappa shape index (κ1) is 29.8. The van der Waals surface area contributed by atoms with Crippen molar-refractivity contribution in [2.24, 2.45) is 11.3 Å². The number of carbonyl (C=O) groups is 2. The molecule has 1 aliphatic heterocycles. The summed E-state index contributed by atoms with van der Waals surface area (Å²) >= 11 is 12.6. The predicted octanol–water partition coefficient (Wildman–Crippen LogP) is 5.98. The highest BCUT2D eigenvalue weighted by Gasteiger charge is 2.55. The third kappa shape index (κ3) is 5.85. The smallest absolute Gasteiger partial charge is 0.307 e. The number of carboxylic acid groups (broad SMARTS) is 1. The number of aliphatic carboxylic acids is 1. The van der Waals surface area contributed by atoms with Gasteiger partial charge in [0.05, 0.1) is 22.6 Å². The number of amides is 1. The van der Waals surface area contributed by atoms with Crippen molar-refractivity contribution in [1.29, 1.82) is 0 Å². The van der Waals surface area contributed by atoms with E-state index in [1.165, 1.54) is 4.31 Å². The zero-order valence-corrected chi connectivity index (χ0v) is 25.0. The number of carboxylic acids is 1. The molecule has 7 nitrogen and oxygen atoms in total. The number of halogens is 2. The van der Waals surface area contributed by atoms with E-state index in [0.717, 1.165) is 11.1 Å². The van der Waals surface area contributed by atoms with Crippen LogP contribution < -0.4 is 0 Å². The molecule has 2 aliphatic rings. The largest absolute Gasteiger partial charge is 0.481 e. The maximum Gasteiger partial charge on any atom is 0.307 e. The Bertz CT molecular complexity index is 1330. The van der Waals surface area contributed by atoms with Gasteiger partial charge in [0.1, 0.15) is 0 Å². The van der Waals surface area contributed by atoms with Gasteiger partial charge in [-0.25, -0.2) is 12.7 Å². The molecule has 0 aromatic heterocycles. The number of likely N-dealkylation sites (N-methyl/N-ethyl adjacent to an activating group) is 1. The fourth-order valence-electron chi connectivity index (χ4n) is 5.82. The lowest BCUT2D eigenvalue weighted by molar-refractivity contribution is -0.167. The Morgan fingerprint density at radius 2 is 1.77 bits per heavy atom. The van der Waals surface area contributed by atoms with Crippen LogP contribution in [0.4, 0.5) is 0 Å². The zero-order valence-electron chi connectivity index (χ0n) is 22.7. The maximum atomic E-state index is 14.5. The molecule has 1 heterocycles.